The third kappa shape index (κ3) is 3.08. The lowest BCUT2D eigenvalue weighted by Crippen LogP contribution is -2.45. The van der Waals surface area contributed by atoms with Gasteiger partial charge >= 0.3 is 0 Å². The van der Waals surface area contributed by atoms with Crippen molar-refractivity contribution in [1.29, 1.82) is 0 Å². The van der Waals surface area contributed by atoms with Gasteiger partial charge in [-0.2, -0.15) is 0 Å². The zero-order chi connectivity index (χ0) is 13.1. The summed E-state index contributed by atoms with van der Waals surface area (Å²) in [6, 6.07) is 2.38. The fourth-order valence-electron chi connectivity index (χ4n) is 2.43. The molecule has 0 saturated carbocycles. The van der Waals surface area contributed by atoms with E-state index in [0.29, 0.717) is 16.9 Å². The lowest BCUT2D eigenvalue weighted by atomic mass is 10.1. The van der Waals surface area contributed by atoms with Gasteiger partial charge in [0.15, 0.2) is 0 Å². The van der Waals surface area contributed by atoms with E-state index in [1.54, 1.807) is 6.20 Å². The molecule has 1 fully saturated rings. The molecule has 1 aliphatic rings. The van der Waals surface area contributed by atoms with Gasteiger partial charge in [0, 0.05) is 31.7 Å². The van der Waals surface area contributed by atoms with E-state index in [4.69, 9.17) is 23.2 Å². The van der Waals surface area contributed by atoms with Crippen molar-refractivity contribution in [2.75, 3.05) is 32.1 Å². The van der Waals surface area contributed by atoms with Crippen LogP contribution < -0.4 is 4.90 Å². The SMILES string of the molecule is CN1CCCC(N(C)c2ncc(CCl)cc2Cl)C1. The molecule has 3 nitrogen and oxygen atoms in total. The number of pyridine rings is 1. The maximum absolute atomic E-state index is 6.28. The van der Waals surface area contributed by atoms with Crippen molar-refractivity contribution in [3.05, 3.63) is 22.8 Å². The highest BCUT2D eigenvalue weighted by atomic mass is 35.5. The van der Waals surface area contributed by atoms with Gasteiger partial charge in [0.2, 0.25) is 0 Å². The lowest BCUT2D eigenvalue weighted by Gasteiger charge is -2.36. The molecule has 5 heteroatoms. The number of likely N-dealkylation sites (tertiary alicyclic amines) is 1. The van der Waals surface area contributed by atoms with Crippen LogP contribution in [0.2, 0.25) is 5.02 Å². The number of likely N-dealkylation sites (N-methyl/N-ethyl adjacent to an activating group) is 2. The average Bonchev–Trinajstić information content (AvgIpc) is 2.37. The van der Waals surface area contributed by atoms with E-state index in [-0.39, 0.29) is 0 Å². The molecule has 0 amide bonds. The van der Waals surface area contributed by atoms with Gasteiger partial charge in [0.25, 0.3) is 0 Å². The number of nitrogens with zero attached hydrogens (tertiary/aromatic N) is 3. The van der Waals surface area contributed by atoms with Gasteiger partial charge in [0.1, 0.15) is 5.82 Å². The van der Waals surface area contributed by atoms with Crippen molar-refractivity contribution < 1.29 is 0 Å². The van der Waals surface area contributed by atoms with E-state index < -0.39 is 0 Å². The van der Waals surface area contributed by atoms with E-state index in [2.05, 4.69) is 28.9 Å². The average molecular weight is 288 g/mol. The van der Waals surface area contributed by atoms with Crippen LogP contribution in [-0.4, -0.2) is 43.1 Å². The Kier molecular flexibility index (Phi) is 4.71. The highest BCUT2D eigenvalue weighted by Gasteiger charge is 2.23. The Bertz CT molecular complexity index is 411. The molecule has 2 heterocycles. The smallest absolute Gasteiger partial charge is 0.147 e. The molecule has 18 heavy (non-hydrogen) atoms. The molecule has 1 unspecified atom stereocenters. The largest absolute Gasteiger partial charge is 0.354 e. The first kappa shape index (κ1) is 13.9. The number of alkyl halides is 1. The molecule has 0 N–H and O–H groups in total. The Morgan fingerprint density at radius 3 is 2.94 bits per heavy atom. The zero-order valence-corrected chi connectivity index (χ0v) is 12.4. The molecule has 1 saturated heterocycles. The summed E-state index contributed by atoms with van der Waals surface area (Å²) in [7, 11) is 4.23. The Morgan fingerprint density at radius 2 is 2.33 bits per heavy atom. The summed E-state index contributed by atoms with van der Waals surface area (Å²) in [5, 5.41) is 0.684. The third-order valence-electron chi connectivity index (χ3n) is 3.51. The molecular weight excluding hydrogens is 269 g/mol. The minimum absolute atomic E-state index is 0.447. The molecule has 1 aromatic heterocycles. The van der Waals surface area contributed by atoms with Gasteiger partial charge in [0.05, 0.1) is 5.02 Å². The summed E-state index contributed by atoms with van der Waals surface area (Å²) in [5.41, 5.74) is 0.958. The molecule has 0 aliphatic carbocycles. The number of piperidine rings is 1. The van der Waals surface area contributed by atoms with Crippen LogP contribution in [0.4, 0.5) is 5.82 Å². The van der Waals surface area contributed by atoms with E-state index in [0.717, 1.165) is 17.9 Å². The van der Waals surface area contributed by atoms with E-state index >= 15 is 0 Å². The predicted octanol–water partition coefficient (Wildman–Crippen LogP) is 3.00. The van der Waals surface area contributed by atoms with Gasteiger partial charge < -0.3 is 9.80 Å². The van der Waals surface area contributed by atoms with E-state index in [9.17, 15) is 0 Å². The Hall–Kier alpha value is -0.510. The highest BCUT2D eigenvalue weighted by Crippen LogP contribution is 2.27. The number of hydrogen-bond donors (Lipinski definition) is 0. The van der Waals surface area contributed by atoms with Gasteiger partial charge in [-0.3, -0.25) is 0 Å². The maximum atomic E-state index is 6.28. The molecule has 1 aromatic rings. The fourth-order valence-corrected chi connectivity index (χ4v) is 2.90. The standard InChI is InChI=1S/C13H19Cl2N3/c1-17-5-3-4-11(9-17)18(2)13-12(15)6-10(7-14)8-16-13/h6,8,11H,3-5,7,9H2,1-2H3. The Labute approximate surface area is 119 Å². The van der Waals surface area contributed by atoms with Crippen LogP contribution >= 0.6 is 23.2 Å². The van der Waals surface area contributed by atoms with Crippen molar-refractivity contribution in [1.82, 2.24) is 9.88 Å². The Balaban J connectivity index is 2.15. The van der Waals surface area contributed by atoms with Crippen molar-refractivity contribution in [2.45, 2.75) is 24.8 Å². The van der Waals surface area contributed by atoms with Crippen molar-refractivity contribution in [3.8, 4) is 0 Å². The van der Waals surface area contributed by atoms with Crippen molar-refractivity contribution in [3.63, 3.8) is 0 Å². The van der Waals surface area contributed by atoms with E-state index in [1.807, 2.05) is 6.07 Å². The van der Waals surface area contributed by atoms with Crippen LogP contribution in [0.1, 0.15) is 18.4 Å². The minimum Gasteiger partial charge on any atom is -0.354 e. The second kappa shape index (κ2) is 6.09. The van der Waals surface area contributed by atoms with Crippen LogP contribution in [0.3, 0.4) is 0 Å². The minimum atomic E-state index is 0.447. The first-order chi connectivity index (χ1) is 8.61. The van der Waals surface area contributed by atoms with Crippen LogP contribution in [0.25, 0.3) is 0 Å². The second-order valence-electron chi connectivity index (χ2n) is 4.95. The van der Waals surface area contributed by atoms with E-state index in [1.165, 1.54) is 19.4 Å². The van der Waals surface area contributed by atoms with Crippen LogP contribution in [0, 0.1) is 0 Å². The summed E-state index contributed by atoms with van der Waals surface area (Å²) >= 11 is 12.1. The molecule has 0 spiro atoms. The fraction of sp³-hybridized carbons (Fsp3) is 0.615. The summed E-state index contributed by atoms with van der Waals surface area (Å²) in [5.74, 6) is 1.30. The molecule has 1 atom stereocenters. The quantitative estimate of drug-likeness (QED) is 0.797. The van der Waals surface area contributed by atoms with Crippen LogP contribution in [-0.2, 0) is 5.88 Å². The maximum Gasteiger partial charge on any atom is 0.147 e. The highest BCUT2D eigenvalue weighted by molar-refractivity contribution is 6.33. The topological polar surface area (TPSA) is 19.4 Å². The summed E-state index contributed by atoms with van der Waals surface area (Å²) in [4.78, 5) is 8.98. The van der Waals surface area contributed by atoms with Gasteiger partial charge in [-0.15, -0.1) is 11.6 Å². The summed E-state index contributed by atoms with van der Waals surface area (Å²) < 4.78 is 0. The first-order valence-electron chi connectivity index (χ1n) is 6.23. The zero-order valence-electron chi connectivity index (χ0n) is 10.9. The molecular formula is C13H19Cl2N3. The number of anilines is 1. The number of aromatic nitrogens is 1. The van der Waals surface area contributed by atoms with Gasteiger partial charge in [-0.25, -0.2) is 4.98 Å². The second-order valence-corrected chi connectivity index (χ2v) is 5.63. The molecule has 1 aliphatic heterocycles. The first-order valence-corrected chi connectivity index (χ1v) is 7.15. The summed E-state index contributed by atoms with van der Waals surface area (Å²) in [6.07, 6.45) is 4.22. The Morgan fingerprint density at radius 1 is 1.56 bits per heavy atom. The van der Waals surface area contributed by atoms with Gasteiger partial charge in [-0.1, -0.05) is 11.6 Å². The molecule has 0 radical (unpaired) electrons. The van der Waals surface area contributed by atoms with Gasteiger partial charge in [-0.05, 0) is 38.1 Å². The molecule has 100 valence electrons. The number of rotatable bonds is 3. The van der Waals surface area contributed by atoms with Crippen molar-refractivity contribution in [2.24, 2.45) is 0 Å². The number of hydrogen-bond acceptors (Lipinski definition) is 3. The molecule has 0 bridgehead atoms. The van der Waals surface area contributed by atoms with Crippen molar-refractivity contribution >= 4 is 29.0 Å². The van der Waals surface area contributed by atoms with Crippen LogP contribution in [0.5, 0.6) is 0 Å². The predicted molar refractivity (Wildman–Crippen MR) is 77.7 cm³/mol. The monoisotopic (exact) mass is 287 g/mol. The summed E-state index contributed by atoms with van der Waals surface area (Å²) in [6.45, 7) is 2.24. The molecule has 0 aromatic carbocycles. The lowest BCUT2D eigenvalue weighted by molar-refractivity contribution is 0.247. The normalized spacial score (nSPS) is 21.0. The molecule has 2 rings (SSSR count). The number of halogens is 2. The van der Waals surface area contributed by atoms with Crippen LogP contribution in [0.15, 0.2) is 12.3 Å². The third-order valence-corrected chi connectivity index (χ3v) is 4.10.